The minimum Gasteiger partial charge on any atom is -0.484 e. The fraction of sp³-hybridized carbons (Fsp3) is 0.385. The van der Waals surface area contributed by atoms with E-state index in [1.165, 1.54) is 18.2 Å². The van der Waals surface area contributed by atoms with Crippen molar-refractivity contribution >= 4 is 23.2 Å². The Bertz CT molecular complexity index is 485. The van der Waals surface area contributed by atoms with E-state index in [1.54, 1.807) is 6.07 Å². The highest BCUT2D eigenvalue weighted by molar-refractivity contribution is 7.80. The van der Waals surface area contributed by atoms with E-state index in [2.05, 4.69) is 16.2 Å². The Morgan fingerprint density at radius 1 is 1.38 bits per heavy atom. The molecule has 0 aliphatic heterocycles. The highest BCUT2D eigenvalue weighted by Crippen LogP contribution is 2.11. The van der Waals surface area contributed by atoms with Gasteiger partial charge < -0.3 is 15.0 Å². The number of carbonyl (C=O) groups is 1. The number of likely N-dealkylation sites (N-methyl/N-ethyl adjacent to an activating group) is 1. The normalized spacial score (nSPS) is 10.1. The van der Waals surface area contributed by atoms with Crippen LogP contribution in [-0.2, 0) is 4.79 Å². The number of nitrogens with zero attached hydrogens (tertiary/aromatic N) is 1. The van der Waals surface area contributed by atoms with E-state index in [1.807, 2.05) is 19.0 Å². The molecular weight excluding hydrogens is 295 g/mol. The maximum Gasteiger partial charge on any atom is 0.276 e. The predicted molar refractivity (Wildman–Crippen MR) is 82.3 cm³/mol. The van der Waals surface area contributed by atoms with Crippen LogP contribution in [0.2, 0.25) is 0 Å². The third kappa shape index (κ3) is 8.05. The van der Waals surface area contributed by atoms with Crippen LogP contribution < -0.4 is 20.9 Å². The standard InChI is InChI=1S/C13H19FN4O2S/c1-18(2)7-6-15-13(21)17-16-12(19)9-20-11-5-3-4-10(14)8-11/h3-5,8H,6-7,9H2,1-2H3,(H,16,19)(H2,15,17,21). The average Bonchev–Trinajstić information content (AvgIpc) is 2.42. The molecule has 21 heavy (non-hydrogen) atoms. The third-order valence-corrected chi connectivity index (χ3v) is 2.57. The molecule has 0 aliphatic rings. The van der Waals surface area contributed by atoms with Crippen molar-refractivity contribution in [1.29, 1.82) is 0 Å². The Morgan fingerprint density at radius 3 is 2.81 bits per heavy atom. The number of amides is 1. The lowest BCUT2D eigenvalue weighted by molar-refractivity contribution is -0.123. The second-order valence-corrected chi connectivity index (χ2v) is 4.89. The van der Waals surface area contributed by atoms with Crippen LogP contribution in [0.3, 0.4) is 0 Å². The summed E-state index contributed by atoms with van der Waals surface area (Å²) in [5.41, 5.74) is 4.93. The van der Waals surface area contributed by atoms with E-state index in [9.17, 15) is 9.18 Å². The van der Waals surface area contributed by atoms with Gasteiger partial charge in [-0.15, -0.1) is 0 Å². The molecule has 0 saturated carbocycles. The fourth-order valence-corrected chi connectivity index (χ4v) is 1.46. The molecule has 1 aromatic rings. The quantitative estimate of drug-likeness (QED) is 0.517. The number of thiocarbonyl (C=S) groups is 1. The first-order chi connectivity index (χ1) is 9.97. The number of hydrogen-bond acceptors (Lipinski definition) is 4. The van der Waals surface area contributed by atoms with Crippen molar-refractivity contribution in [2.45, 2.75) is 0 Å². The van der Waals surface area contributed by atoms with E-state index >= 15 is 0 Å². The molecule has 0 aromatic heterocycles. The monoisotopic (exact) mass is 314 g/mol. The van der Waals surface area contributed by atoms with Gasteiger partial charge >= 0.3 is 0 Å². The first-order valence-electron chi connectivity index (χ1n) is 6.33. The molecule has 0 fully saturated rings. The molecule has 116 valence electrons. The Hall–Kier alpha value is -1.93. The molecule has 0 aliphatic carbocycles. The lowest BCUT2D eigenvalue weighted by Gasteiger charge is -2.14. The van der Waals surface area contributed by atoms with E-state index in [0.29, 0.717) is 11.7 Å². The van der Waals surface area contributed by atoms with Gasteiger partial charge in [0.25, 0.3) is 5.91 Å². The summed E-state index contributed by atoms with van der Waals surface area (Å²) in [6.07, 6.45) is 0. The number of halogens is 1. The van der Waals surface area contributed by atoms with Crippen molar-refractivity contribution in [3.63, 3.8) is 0 Å². The van der Waals surface area contributed by atoms with Gasteiger partial charge in [0.05, 0.1) is 0 Å². The molecule has 0 atom stereocenters. The summed E-state index contributed by atoms with van der Waals surface area (Å²) in [5, 5.41) is 3.24. The lowest BCUT2D eigenvalue weighted by Crippen LogP contribution is -2.49. The van der Waals surface area contributed by atoms with Crippen LogP contribution in [0.15, 0.2) is 24.3 Å². The van der Waals surface area contributed by atoms with Crippen molar-refractivity contribution in [3.8, 4) is 5.75 Å². The molecule has 0 saturated heterocycles. The minimum atomic E-state index is -0.420. The summed E-state index contributed by atoms with van der Waals surface area (Å²) in [5.74, 6) is -0.551. The van der Waals surface area contributed by atoms with Crippen LogP contribution in [0.25, 0.3) is 0 Å². The molecule has 1 amide bonds. The van der Waals surface area contributed by atoms with Gasteiger partial charge in [-0.25, -0.2) is 4.39 Å². The lowest BCUT2D eigenvalue weighted by atomic mass is 10.3. The van der Waals surface area contributed by atoms with Crippen molar-refractivity contribution in [2.24, 2.45) is 0 Å². The van der Waals surface area contributed by atoms with Crippen molar-refractivity contribution in [1.82, 2.24) is 21.1 Å². The maximum atomic E-state index is 12.9. The molecule has 3 N–H and O–H groups in total. The molecular formula is C13H19FN4O2S. The Morgan fingerprint density at radius 2 is 2.14 bits per heavy atom. The number of hydrogen-bond donors (Lipinski definition) is 3. The number of rotatable bonds is 6. The average molecular weight is 314 g/mol. The summed E-state index contributed by atoms with van der Waals surface area (Å²) in [6, 6.07) is 5.57. The number of ether oxygens (including phenoxy) is 1. The van der Waals surface area contributed by atoms with Crippen LogP contribution in [0.1, 0.15) is 0 Å². The topological polar surface area (TPSA) is 65.6 Å². The second kappa shape index (κ2) is 9.09. The number of hydrazine groups is 1. The minimum absolute atomic E-state index is 0.239. The Labute approximate surface area is 128 Å². The SMILES string of the molecule is CN(C)CCNC(=S)NNC(=O)COc1cccc(F)c1. The highest BCUT2D eigenvalue weighted by atomic mass is 32.1. The third-order valence-electron chi connectivity index (χ3n) is 2.33. The molecule has 6 nitrogen and oxygen atoms in total. The number of nitrogens with one attached hydrogen (secondary N) is 3. The summed E-state index contributed by atoms with van der Waals surface area (Å²) in [6.45, 7) is 1.24. The summed E-state index contributed by atoms with van der Waals surface area (Å²) >= 11 is 4.97. The molecule has 1 rings (SSSR count). The summed E-state index contributed by atoms with van der Waals surface area (Å²) in [4.78, 5) is 13.5. The van der Waals surface area contributed by atoms with Gasteiger partial charge in [-0.2, -0.15) is 0 Å². The molecule has 0 unspecified atom stereocenters. The van der Waals surface area contributed by atoms with E-state index in [-0.39, 0.29) is 12.4 Å². The van der Waals surface area contributed by atoms with Crippen LogP contribution in [0.4, 0.5) is 4.39 Å². The van der Waals surface area contributed by atoms with Gasteiger partial charge in [-0.05, 0) is 38.4 Å². The Kier molecular flexibility index (Phi) is 7.41. The zero-order chi connectivity index (χ0) is 15.7. The first kappa shape index (κ1) is 17.1. The zero-order valence-electron chi connectivity index (χ0n) is 12.0. The van der Waals surface area contributed by atoms with Crippen molar-refractivity contribution in [2.75, 3.05) is 33.8 Å². The van der Waals surface area contributed by atoms with Gasteiger partial charge in [-0.3, -0.25) is 15.6 Å². The van der Waals surface area contributed by atoms with Crippen molar-refractivity contribution in [3.05, 3.63) is 30.1 Å². The summed E-state index contributed by atoms with van der Waals surface area (Å²) < 4.78 is 18.0. The van der Waals surface area contributed by atoms with E-state index in [4.69, 9.17) is 17.0 Å². The fourth-order valence-electron chi connectivity index (χ4n) is 1.31. The predicted octanol–water partition coefficient (Wildman–Crippen LogP) is 0.261. The van der Waals surface area contributed by atoms with E-state index < -0.39 is 11.7 Å². The second-order valence-electron chi connectivity index (χ2n) is 4.48. The van der Waals surface area contributed by atoms with Crippen LogP contribution in [0.5, 0.6) is 5.75 Å². The first-order valence-corrected chi connectivity index (χ1v) is 6.74. The van der Waals surface area contributed by atoms with Crippen LogP contribution in [0, 0.1) is 5.82 Å². The molecule has 0 heterocycles. The van der Waals surface area contributed by atoms with Gasteiger partial charge in [0.15, 0.2) is 11.7 Å². The smallest absolute Gasteiger partial charge is 0.276 e. The summed E-state index contributed by atoms with van der Waals surface area (Å²) in [7, 11) is 3.90. The highest BCUT2D eigenvalue weighted by Gasteiger charge is 2.04. The van der Waals surface area contributed by atoms with Gasteiger partial charge in [0.1, 0.15) is 11.6 Å². The zero-order valence-corrected chi connectivity index (χ0v) is 12.8. The van der Waals surface area contributed by atoms with Gasteiger partial charge in [0.2, 0.25) is 0 Å². The van der Waals surface area contributed by atoms with Crippen molar-refractivity contribution < 1.29 is 13.9 Å². The van der Waals surface area contributed by atoms with Gasteiger partial charge in [-0.1, -0.05) is 6.07 Å². The number of benzene rings is 1. The number of carbonyl (C=O) groups excluding carboxylic acids is 1. The molecule has 0 spiro atoms. The molecule has 0 bridgehead atoms. The largest absolute Gasteiger partial charge is 0.484 e. The molecule has 1 aromatic carbocycles. The van der Waals surface area contributed by atoms with Gasteiger partial charge in [0, 0.05) is 19.2 Å². The van der Waals surface area contributed by atoms with E-state index in [0.717, 1.165) is 6.54 Å². The van der Waals surface area contributed by atoms with Crippen LogP contribution in [-0.4, -0.2) is 49.7 Å². The van der Waals surface area contributed by atoms with Crippen LogP contribution >= 0.6 is 12.2 Å². The molecule has 8 heteroatoms. The maximum absolute atomic E-state index is 12.9. The Balaban J connectivity index is 2.17. The molecule has 0 radical (unpaired) electrons.